The van der Waals surface area contributed by atoms with Crippen molar-refractivity contribution in [3.8, 4) is 5.75 Å². The largest absolute Gasteiger partial charge is 0.485 e. The van der Waals surface area contributed by atoms with E-state index in [1.54, 1.807) is 0 Å². The third kappa shape index (κ3) is 3.21. The molecule has 0 saturated carbocycles. The molecule has 0 aliphatic carbocycles. The van der Waals surface area contributed by atoms with Crippen LogP contribution in [-0.4, -0.2) is 40.7 Å². The second kappa shape index (κ2) is 6.13. The second-order valence-electron chi connectivity index (χ2n) is 7.13. The minimum atomic E-state index is -0.634. The summed E-state index contributed by atoms with van der Waals surface area (Å²) >= 11 is 0. The number of amides is 1. The lowest BCUT2D eigenvalue weighted by Crippen LogP contribution is -2.54. The molecule has 0 spiro atoms. The van der Waals surface area contributed by atoms with Crippen LogP contribution in [0, 0.1) is 0 Å². The third-order valence-corrected chi connectivity index (χ3v) is 4.82. The van der Waals surface area contributed by atoms with Crippen LogP contribution in [0.2, 0.25) is 0 Å². The lowest BCUT2D eigenvalue weighted by atomic mass is 9.84. The molecule has 23 heavy (non-hydrogen) atoms. The summed E-state index contributed by atoms with van der Waals surface area (Å²) in [6.45, 7) is 7.33. The van der Waals surface area contributed by atoms with Crippen LogP contribution in [0.4, 0.5) is 5.69 Å². The molecule has 126 valence electrons. The van der Waals surface area contributed by atoms with Gasteiger partial charge >= 0.3 is 0 Å². The van der Waals surface area contributed by atoms with Crippen molar-refractivity contribution < 1.29 is 14.6 Å². The number of carbonyl (C=O) groups excluding carboxylic acids is 1. The highest BCUT2D eigenvalue weighted by molar-refractivity contribution is 5.88. The minimum absolute atomic E-state index is 0.0947. The summed E-state index contributed by atoms with van der Waals surface area (Å²) in [6, 6.07) is 5.59. The number of nitrogens with one attached hydrogen (secondary N) is 1. The fourth-order valence-electron chi connectivity index (χ4n) is 3.64. The third-order valence-electron chi connectivity index (χ3n) is 4.82. The zero-order valence-corrected chi connectivity index (χ0v) is 14.1. The van der Waals surface area contributed by atoms with Crippen LogP contribution in [0.3, 0.4) is 0 Å². The Morgan fingerprint density at radius 2 is 2.00 bits per heavy atom. The Morgan fingerprint density at radius 1 is 1.30 bits per heavy atom. The number of likely N-dealkylation sites (tertiary alicyclic amines) is 1. The number of rotatable bonds is 2. The Balaban J connectivity index is 2.00. The van der Waals surface area contributed by atoms with E-state index in [0.29, 0.717) is 0 Å². The molecule has 2 aliphatic heterocycles. The van der Waals surface area contributed by atoms with Gasteiger partial charge in [0.2, 0.25) is 5.91 Å². The zero-order valence-electron chi connectivity index (χ0n) is 14.1. The van der Waals surface area contributed by atoms with Gasteiger partial charge in [-0.3, -0.25) is 9.69 Å². The van der Waals surface area contributed by atoms with Gasteiger partial charge in [0, 0.05) is 18.2 Å². The van der Waals surface area contributed by atoms with Crippen LogP contribution >= 0.6 is 0 Å². The minimum Gasteiger partial charge on any atom is -0.485 e. The first kappa shape index (κ1) is 16.3. The van der Waals surface area contributed by atoms with Gasteiger partial charge in [0.05, 0.1) is 6.04 Å². The summed E-state index contributed by atoms with van der Waals surface area (Å²) in [5.74, 6) is 0.696. The van der Waals surface area contributed by atoms with E-state index in [-0.39, 0.29) is 11.9 Å². The number of fused-ring (bicyclic) bond motifs is 1. The molecule has 2 N–H and O–H groups in total. The molecule has 1 unspecified atom stereocenters. The van der Waals surface area contributed by atoms with E-state index in [2.05, 4.69) is 10.2 Å². The number of ether oxygens (including phenoxy) is 1. The average molecular weight is 318 g/mol. The number of nitrogens with zero attached hydrogens (tertiary/aromatic N) is 1. The number of piperidine rings is 1. The van der Waals surface area contributed by atoms with Crippen LogP contribution in [0.15, 0.2) is 18.2 Å². The van der Waals surface area contributed by atoms with Gasteiger partial charge in [-0.25, -0.2) is 0 Å². The predicted molar refractivity (Wildman–Crippen MR) is 89.6 cm³/mol. The first-order valence-electron chi connectivity index (χ1n) is 8.41. The van der Waals surface area contributed by atoms with Gasteiger partial charge in [0.1, 0.15) is 17.5 Å². The Bertz CT molecular complexity index is 594. The number of anilines is 1. The topological polar surface area (TPSA) is 61.8 Å². The summed E-state index contributed by atoms with van der Waals surface area (Å²) in [6.07, 6.45) is 2.95. The standard InChI is InChI=1S/C18H26N2O3/c1-12(21)19-13-7-8-15-14(11-13)16(17(22)18(2,3)23-15)20-9-5-4-6-10-20/h7-8,11,16-17,22H,4-6,9-10H2,1-3H3,(H,19,21)/t16?,17-/m0/s1. The van der Waals surface area contributed by atoms with Crippen LogP contribution in [0.5, 0.6) is 5.75 Å². The molecular weight excluding hydrogens is 292 g/mol. The lowest BCUT2D eigenvalue weighted by Gasteiger charge is -2.47. The van der Waals surface area contributed by atoms with Gasteiger partial charge in [-0.1, -0.05) is 6.42 Å². The SMILES string of the molecule is CC(=O)Nc1ccc2c(c1)C(N1CCCCC1)[C@H](O)C(C)(C)O2. The quantitative estimate of drug-likeness (QED) is 0.880. The fourth-order valence-corrected chi connectivity index (χ4v) is 3.64. The number of hydrogen-bond donors (Lipinski definition) is 2. The zero-order chi connectivity index (χ0) is 16.6. The van der Waals surface area contributed by atoms with Gasteiger partial charge in [-0.05, 0) is 58.0 Å². The molecule has 1 fully saturated rings. The van der Waals surface area contributed by atoms with Crippen molar-refractivity contribution in [2.45, 2.75) is 57.8 Å². The van der Waals surface area contributed by atoms with E-state index in [1.165, 1.54) is 13.3 Å². The number of benzene rings is 1. The Labute approximate surface area is 137 Å². The molecule has 3 rings (SSSR count). The van der Waals surface area contributed by atoms with Crippen LogP contribution in [0.1, 0.15) is 51.6 Å². The van der Waals surface area contributed by atoms with Crippen molar-refractivity contribution in [3.05, 3.63) is 23.8 Å². The van der Waals surface area contributed by atoms with Gasteiger partial charge in [0.25, 0.3) is 0 Å². The number of aliphatic hydroxyl groups is 1. The van der Waals surface area contributed by atoms with Crippen molar-refractivity contribution in [3.63, 3.8) is 0 Å². The fraction of sp³-hybridized carbons (Fsp3) is 0.611. The number of aliphatic hydroxyl groups excluding tert-OH is 1. The summed E-state index contributed by atoms with van der Waals surface area (Å²) in [7, 11) is 0. The molecule has 0 radical (unpaired) electrons. The van der Waals surface area contributed by atoms with Gasteiger partial charge in [-0.2, -0.15) is 0 Å². The van der Waals surface area contributed by atoms with Gasteiger partial charge in [0.15, 0.2) is 0 Å². The average Bonchev–Trinajstić information content (AvgIpc) is 2.49. The van der Waals surface area contributed by atoms with E-state index in [9.17, 15) is 9.90 Å². The molecule has 5 heteroatoms. The predicted octanol–water partition coefficient (Wildman–Crippen LogP) is 2.70. The van der Waals surface area contributed by atoms with E-state index in [4.69, 9.17) is 4.74 Å². The Morgan fingerprint density at radius 3 is 2.65 bits per heavy atom. The van der Waals surface area contributed by atoms with Crippen LogP contribution in [0.25, 0.3) is 0 Å². The molecule has 1 amide bonds. The highest BCUT2D eigenvalue weighted by Crippen LogP contribution is 2.44. The molecular formula is C18H26N2O3. The monoisotopic (exact) mass is 318 g/mol. The van der Waals surface area contributed by atoms with Crippen molar-refractivity contribution in [2.24, 2.45) is 0 Å². The van der Waals surface area contributed by atoms with E-state index >= 15 is 0 Å². The molecule has 2 atom stereocenters. The number of hydrogen-bond acceptors (Lipinski definition) is 4. The Kier molecular flexibility index (Phi) is 4.34. The van der Waals surface area contributed by atoms with Crippen molar-refractivity contribution in [1.29, 1.82) is 0 Å². The highest BCUT2D eigenvalue weighted by Gasteiger charge is 2.45. The van der Waals surface area contributed by atoms with Gasteiger partial charge < -0.3 is 15.2 Å². The summed E-state index contributed by atoms with van der Waals surface area (Å²) in [5, 5.41) is 13.7. The smallest absolute Gasteiger partial charge is 0.221 e. The second-order valence-corrected chi connectivity index (χ2v) is 7.13. The molecule has 1 aromatic rings. The molecule has 2 heterocycles. The first-order valence-corrected chi connectivity index (χ1v) is 8.41. The molecule has 2 aliphatic rings. The van der Waals surface area contributed by atoms with E-state index in [1.807, 2.05) is 32.0 Å². The lowest BCUT2D eigenvalue weighted by molar-refractivity contribution is -0.114. The van der Waals surface area contributed by atoms with Crippen molar-refractivity contribution in [1.82, 2.24) is 4.90 Å². The van der Waals surface area contributed by atoms with Crippen molar-refractivity contribution in [2.75, 3.05) is 18.4 Å². The maximum absolute atomic E-state index is 11.3. The van der Waals surface area contributed by atoms with Crippen molar-refractivity contribution >= 4 is 11.6 Å². The molecule has 0 aromatic heterocycles. The van der Waals surface area contributed by atoms with Crippen LogP contribution in [-0.2, 0) is 4.79 Å². The van der Waals surface area contributed by atoms with Crippen LogP contribution < -0.4 is 10.1 Å². The maximum atomic E-state index is 11.3. The molecule has 1 saturated heterocycles. The molecule has 0 bridgehead atoms. The van der Waals surface area contributed by atoms with Gasteiger partial charge in [-0.15, -0.1) is 0 Å². The summed E-state index contributed by atoms with van der Waals surface area (Å²) in [5.41, 5.74) is 1.07. The molecule has 1 aromatic carbocycles. The Hall–Kier alpha value is -1.59. The maximum Gasteiger partial charge on any atom is 0.221 e. The summed E-state index contributed by atoms with van der Waals surface area (Å²) in [4.78, 5) is 13.7. The first-order chi connectivity index (χ1) is 10.9. The van der Waals surface area contributed by atoms with E-state index in [0.717, 1.165) is 42.9 Å². The normalized spacial score (nSPS) is 27.0. The van der Waals surface area contributed by atoms with E-state index < -0.39 is 11.7 Å². The molecule has 5 nitrogen and oxygen atoms in total. The number of carbonyl (C=O) groups is 1. The summed E-state index contributed by atoms with van der Waals surface area (Å²) < 4.78 is 6.02. The highest BCUT2D eigenvalue weighted by atomic mass is 16.5.